The Bertz CT molecular complexity index is 1170. The third-order valence-electron chi connectivity index (χ3n) is 5.61. The number of benzene rings is 2. The van der Waals surface area contributed by atoms with Crippen LogP contribution in [0.25, 0.3) is 6.08 Å². The molecule has 1 fully saturated rings. The Hall–Kier alpha value is -3.24. The summed E-state index contributed by atoms with van der Waals surface area (Å²) in [6.07, 6.45) is 2.67. The summed E-state index contributed by atoms with van der Waals surface area (Å²) in [4.78, 5) is 25.7. The Morgan fingerprint density at radius 2 is 2.06 bits per heavy atom. The molecule has 1 aliphatic heterocycles. The molecule has 4 rings (SSSR count). The zero-order valence-corrected chi connectivity index (χ0v) is 18.8. The number of anilines is 1. The van der Waals surface area contributed by atoms with E-state index in [1.165, 1.54) is 31.4 Å². The Kier molecular flexibility index (Phi) is 6.48. The monoisotopic (exact) mass is 475 g/mol. The van der Waals surface area contributed by atoms with E-state index in [0.29, 0.717) is 18.3 Å². The standard InChI is InChI=1S/C23H22FNO7S/c1-30-22(27)20-18(7-6-16-17-11-14(17)12-32-21(16)20)25(23(28)31-2)33(29)19-8-5-15(24)10-13(19)4-3-9-26/h3-8,10,14,17,26H,9,11-12H2,1-2H3. The Balaban J connectivity index is 1.88. The molecule has 1 heterocycles. The van der Waals surface area contributed by atoms with Crippen LogP contribution in [0, 0.1) is 11.7 Å². The van der Waals surface area contributed by atoms with Crippen LogP contribution in [0.5, 0.6) is 5.75 Å². The summed E-state index contributed by atoms with van der Waals surface area (Å²) >= 11 is 0. The smallest absolute Gasteiger partial charge is 0.426 e. The van der Waals surface area contributed by atoms with E-state index in [9.17, 15) is 18.2 Å². The molecular weight excluding hydrogens is 453 g/mol. The first-order valence-electron chi connectivity index (χ1n) is 10.2. The van der Waals surface area contributed by atoms with Gasteiger partial charge in [0, 0.05) is 5.92 Å². The van der Waals surface area contributed by atoms with Crippen LogP contribution in [0.4, 0.5) is 14.9 Å². The average Bonchev–Trinajstić information content (AvgIpc) is 3.62. The Labute approximate surface area is 192 Å². The van der Waals surface area contributed by atoms with Crippen molar-refractivity contribution in [2.45, 2.75) is 17.2 Å². The van der Waals surface area contributed by atoms with Crippen molar-refractivity contribution in [3.63, 3.8) is 0 Å². The maximum absolute atomic E-state index is 13.9. The number of nitrogens with zero attached hydrogens (tertiary/aromatic N) is 1. The summed E-state index contributed by atoms with van der Waals surface area (Å²) in [5, 5.41) is 9.10. The quantitative estimate of drug-likeness (QED) is 0.639. The molecule has 0 aromatic heterocycles. The number of hydrogen-bond donors (Lipinski definition) is 1. The zero-order chi connectivity index (χ0) is 23.7. The molecule has 2 aliphatic rings. The van der Waals surface area contributed by atoms with Crippen LogP contribution in [-0.2, 0) is 20.5 Å². The minimum absolute atomic E-state index is 0.0219. The molecule has 10 heteroatoms. The number of ether oxygens (including phenoxy) is 3. The van der Waals surface area contributed by atoms with Gasteiger partial charge in [-0.05, 0) is 47.7 Å². The molecule has 1 saturated carbocycles. The van der Waals surface area contributed by atoms with E-state index in [2.05, 4.69) is 0 Å². The van der Waals surface area contributed by atoms with Gasteiger partial charge in [0.2, 0.25) is 0 Å². The first kappa shape index (κ1) is 22.9. The van der Waals surface area contributed by atoms with E-state index >= 15 is 0 Å². The number of esters is 1. The van der Waals surface area contributed by atoms with Gasteiger partial charge in [0.1, 0.15) is 17.1 Å². The average molecular weight is 475 g/mol. The highest BCUT2D eigenvalue weighted by Gasteiger charge is 2.46. The molecule has 0 saturated heterocycles. The summed E-state index contributed by atoms with van der Waals surface area (Å²) in [5.74, 6) is -0.403. The Morgan fingerprint density at radius 1 is 1.27 bits per heavy atom. The van der Waals surface area contributed by atoms with Gasteiger partial charge in [-0.15, -0.1) is 0 Å². The predicted octanol–water partition coefficient (Wildman–Crippen LogP) is 3.41. The van der Waals surface area contributed by atoms with E-state index in [4.69, 9.17) is 19.3 Å². The fourth-order valence-electron chi connectivity index (χ4n) is 3.93. The van der Waals surface area contributed by atoms with E-state index in [1.54, 1.807) is 6.07 Å². The van der Waals surface area contributed by atoms with Gasteiger partial charge in [-0.2, -0.15) is 4.31 Å². The molecule has 1 aliphatic carbocycles. The number of aliphatic hydroxyl groups excluding tert-OH is 1. The minimum Gasteiger partial charge on any atom is -0.492 e. The third kappa shape index (κ3) is 4.23. The highest BCUT2D eigenvalue weighted by Crippen LogP contribution is 2.55. The van der Waals surface area contributed by atoms with Crippen molar-refractivity contribution >= 4 is 34.8 Å². The van der Waals surface area contributed by atoms with Crippen molar-refractivity contribution < 1.29 is 37.5 Å². The van der Waals surface area contributed by atoms with Crippen LogP contribution in [0.1, 0.15) is 33.8 Å². The number of aliphatic hydroxyl groups is 1. The maximum Gasteiger partial charge on any atom is 0.426 e. The van der Waals surface area contributed by atoms with E-state index in [1.807, 2.05) is 0 Å². The van der Waals surface area contributed by atoms with Crippen LogP contribution >= 0.6 is 0 Å². The first-order valence-corrected chi connectivity index (χ1v) is 11.3. The molecule has 3 unspecified atom stereocenters. The highest BCUT2D eigenvalue weighted by molar-refractivity contribution is 7.87. The lowest BCUT2D eigenvalue weighted by atomic mass is 10.00. The molecule has 0 spiro atoms. The second-order valence-corrected chi connectivity index (χ2v) is 8.87. The number of rotatable bonds is 6. The normalized spacial score (nSPS) is 19.2. The fraction of sp³-hybridized carbons (Fsp3) is 0.304. The molecule has 0 bridgehead atoms. The Morgan fingerprint density at radius 3 is 2.76 bits per heavy atom. The molecule has 33 heavy (non-hydrogen) atoms. The molecular formula is C23H22FNO7S. The summed E-state index contributed by atoms with van der Waals surface area (Å²) in [6.45, 7) is 0.112. The van der Waals surface area contributed by atoms with Crippen molar-refractivity contribution in [3.8, 4) is 5.75 Å². The molecule has 1 amide bonds. The SMILES string of the molecule is COC(=O)c1c(N(C(=O)OC)S(=O)c2ccc(F)cc2C=CCO)ccc2c1OCC1CC21. The lowest BCUT2D eigenvalue weighted by Gasteiger charge is -2.26. The number of carbonyl (C=O) groups excluding carboxylic acids is 2. The van der Waals surface area contributed by atoms with Gasteiger partial charge in [-0.25, -0.2) is 18.2 Å². The summed E-state index contributed by atoms with van der Waals surface area (Å²) in [6, 6.07) is 6.74. The molecule has 2 aromatic rings. The lowest BCUT2D eigenvalue weighted by molar-refractivity contribution is 0.0596. The summed E-state index contributed by atoms with van der Waals surface area (Å²) in [5.41, 5.74) is 0.963. The number of halogens is 1. The molecule has 3 atom stereocenters. The number of fused-ring (bicyclic) bond motifs is 3. The number of amides is 1. The van der Waals surface area contributed by atoms with E-state index < -0.39 is 28.9 Å². The number of hydrogen-bond acceptors (Lipinski definition) is 7. The van der Waals surface area contributed by atoms with Crippen molar-refractivity contribution in [2.24, 2.45) is 5.92 Å². The van der Waals surface area contributed by atoms with Crippen molar-refractivity contribution in [3.05, 3.63) is 58.9 Å². The van der Waals surface area contributed by atoms with Crippen molar-refractivity contribution in [1.29, 1.82) is 0 Å². The molecule has 174 valence electrons. The van der Waals surface area contributed by atoms with Gasteiger partial charge < -0.3 is 19.3 Å². The number of carbonyl (C=O) groups is 2. The molecule has 1 N–H and O–H groups in total. The van der Waals surface area contributed by atoms with Crippen LogP contribution in [0.2, 0.25) is 0 Å². The number of methoxy groups -OCH3 is 2. The van der Waals surface area contributed by atoms with Crippen LogP contribution in [-0.4, -0.2) is 48.8 Å². The first-order chi connectivity index (χ1) is 15.9. The van der Waals surface area contributed by atoms with Crippen molar-refractivity contribution in [1.82, 2.24) is 0 Å². The van der Waals surface area contributed by atoms with E-state index in [-0.39, 0.29) is 34.2 Å². The molecule has 8 nitrogen and oxygen atoms in total. The van der Waals surface area contributed by atoms with Crippen molar-refractivity contribution in [2.75, 3.05) is 31.7 Å². The zero-order valence-electron chi connectivity index (χ0n) is 17.9. The van der Waals surface area contributed by atoms with Gasteiger partial charge >= 0.3 is 12.1 Å². The van der Waals surface area contributed by atoms with Crippen LogP contribution < -0.4 is 9.04 Å². The largest absolute Gasteiger partial charge is 0.492 e. The van der Waals surface area contributed by atoms with Gasteiger partial charge in [0.25, 0.3) is 0 Å². The van der Waals surface area contributed by atoms with E-state index in [0.717, 1.165) is 35.5 Å². The summed E-state index contributed by atoms with van der Waals surface area (Å²) < 4.78 is 44.0. The molecule has 2 aromatic carbocycles. The third-order valence-corrected chi connectivity index (χ3v) is 7.03. The second-order valence-electron chi connectivity index (χ2n) is 7.56. The second kappa shape index (κ2) is 9.32. The maximum atomic E-state index is 13.9. The van der Waals surface area contributed by atoms with Gasteiger partial charge in [0.05, 0.1) is 38.0 Å². The van der Waals surface area contributed by atoms with Crippen LogP contribution in [0.3, 0.4) is 0 Å². The molecule has 0 radical (unpaired) electrons. The predicted molar refractivity (Wildman–Crippen MR) is 118 cm³/mol. The minimum atomic E-state index is -2.26. The van der Waals surface area contributed by atoms with Gasteiger partial charge in [-0.3, -0.25) is 0 Å². The highest BCUT2D eigenvalue weighted by atomic mass is 32.2. The fourth-order valence-corrected chi connectivity index (χ4v) is 5.18. The lowest BCUT2D eigenvalue weighted by Crippen LogP contribution is -2.35. The van der Waals surface area contributed by atoms with Gasteiger partial charge in [0.15, 0.2) is 11.0 Å². The van der Waals surface area contributed by atoms with Gasteiger partial charge in [-0.1, -0.05) is 18.2 Å². The topological polar surface area (TPSA) is 102 Å². The van der Waals surface area contributed by atoms with Crippen LogP contribution in [0.15, 0.2) is 41.3 Å². The summed E-state index contributed by atoms with van der Waals surface area (Å²) in [7, 11) is 0.0588.